The molecule has 0 saturated carbocycles. The van der Waals surface area contributed by atoms with Crippen LogP contribution in [0.4, 0.5) is 18.9 Å². The maximum atomic E-state index is 12.9. The first kappa shape index (κ1) is 24.2. The summed E-state index contributed by atoms with van der Waals surface area (Å²) in [4.78, 5) is 14.6. The highest BCUT2D eigenvalue weighted by molar-refractivity contribution is 7.89. The SMILES string of the molecule is CC(CC(=O)Nc1cccc(S(=O)(=O)N2CCN(C)CC2)c1)c1ccc(C(F)(F)F)cc1. The molecule has 3 rings (SSSR count). The fraction of sp³-hybridized carbons (Fsp3) is 0.409. The Balaban J connectivity index is 1.64. The van der Waals surface area contributed by atoms with Crippen LogP contribution in [-0.4, -0.2) is 56.8 Å². The third-order valence-corrected chi connectivity index (χ3v) is 7.41. The van der Waals surface area contributed by atoms with E-state index in [1.54, 1.807) is 19.1 Å². The Kier molecular flexibility index (Phi) is 7.26. The molecule has 1 heterocycles. The lowest BCUT2D eigenvalue weighted by Crippen LogP contribution is -2.47. The maximum absolute atomic E-state index is 12.9. The second-order valence-corrected chi connectivity index (χ2v) is 9.95. The number of anilines is 1. The molecule has 1 atom stereocenters. The topological polar surface area (TPSA) is 69.7 Å². The summed E-state index contributed by atoms with van der Waals surface area (Å²) >= 11 is 0. The lowest BCUT2D eigenvalue weighted by Gasteiger charge is -2.31. The fourth-order valence-corrected chi connectivity index (χ4v) is 4.99. The first-order valence-corrected chi connectivity index (χ1v) is 11.7. The minimum Gasteiger partial charge on any atom is -0.326 e. The van der Waals surface area contributed by atoms with Crippen molar-refractivity contribution in [3.8, 4) is 0 Å². The maximum Gasteiger partial charge on any atom is 0.416 e. The molecule has 1 unspecified atom stereocenters. The third kappa shape index (κ3) is 5.87. The Bertz CT molecular complexity index is 1050. The van der Waals surface area contributed by atoms with Crippen molar-refractivity contribution in [2.45, 2.75) is 30.3 Å². The molecular formula is C22H26F3N3O3S. The van der Waals surface area contributed by atoms with Crippen molar-refractivity contribution in [2.24, 2.45) is 0 Å². The van der Waals surface area contributed by atoms with E-state index in [4.69, 9.17) is 0 Å². The monoisotopic (exact) mass is 469 g/mol. The van der Waals surface area contributed by atoms with E-state index in [1.165, 1.54) is 28.6 Å². The van der Waals surface area contributed by atoms with Gasteiger partial charge in [-0.1, -0.05) is 25.1 Å². The van der Waals surface area contributed by atoms with Crippen LogP contribution in [0, 0.1) is 0 Å². The van der Waals surface area contributed by atoms with Crippen LogP contribution in [-0.2, 0) is 21.0 Å². The number of piperazine rings is 1. The first-order chi connectivity index (χ1) is 15.0. The molecule has 1 amide bonds. The lowest BCUT2D eigenvalue weighted by atomic mass is 9.96. The number of halogens is 3. The zero-order chi connectivity index (χ0) is 23.5. The summed E-state index contributed by atoms with van der Waals surface area (Å²) < 4.78 is 65.4. The molecule has 1 N–H and O–H groups in total. The van der Waals surface area contributed by atoms with Gasteiger partial charge in [0.05, 0.1) is 10.5 Å². The van der Waals surface area contributed by atoms with E-state index < -0.39 is 21.8 Å². The van der Waals surface area contributed by atoms with E-state index in [0.29, 0.717) is 37.4 Å². The van der Waals surface area contributed by atoms with Crippen molar-refractivity contribution < 1.29 is 26.4 Å². The third-order valence-electron chi connectivity index (χ3n) is 5.52. The smallest absolute Gasteiger partial charge is 0.326 e. The highest BCUT2D eigenvalue weighted by atomic mass is 32.2. The van der Waals surface area contributed by atoms with Crippen LogP contribution in [0.15, 0.2) is 53.4 Å². The number of alkyl halides is 3. The average Bonchev–Trinajstić information content (AvgIpc) is 2.73. The van der Waals surface area contributed by atoms with E-state index in [9.17, 15) is 26.4 Å². The number of carbonyl (C=O) groups excluding carboxylic acids is 1. The van der Waals surface area contributed by atoms with Gasteiger partial charge in [-0.05, 0) is 48.9 Å². The summed E-state index contributed by atoms with van der Waals surface area (Å²) in [7, 11) is -1.73. The lowest BCUT2D eigenvalue weighted by molar-refractivity contribution is -0.137. The number of likely N-dealkylation sites (N-methyl/N-ethyl adjacent to an activating group) is 1. The van der Waals surface area contributed by atoms with Gasteiger partial charge >= 0.3 is 6.18 Å². The number of hydrogen-bond acceptors (Lipinski definition) is 4. The molecule has 32 heavy (non-hydrogen) atoms. The fourth-order valence-electron chi connectivity index (χ4n) is 3.52. The largest absolute Gasteiger partial charge is 0.416 e. The summed E-state index contributed by atoms with van der Waals surface area (Å²) in [5.74, 6) is -0.666. The van der Waals surface area contributed by atoms with Gasteiger partial charge in [0.15, 0.2) is 0 Å². The molecule has 1 aliphatic rings. The van der Waals surface area contributed by atoms with Crippen LogP contribution in [0.2, 0.25) is 0 Å². The molecule has 1 fully saturated rings. The molecule has 1 aliphatic heterocycles. The second-order valence-electron chi connectivity index (χ2n) is 8.01. The average molecular weight is 470 g/mol. The molecule has 0 aliphatic carbocycles. The Hall–Kier alpha value is -2.43. The van der Waals surface area contributed by atoms with Crippen molar-refractivity contribution >= 4 is 21.6 Å². The quantitative estimate of drug-likeness (QED) is 0.699. The molecule has 0 spiro atoms. The van der Waals surface area contributed by atoms with E-state index in [-0.39, 0.29) is 23.1 Å². The number of sulfonamides is 1. The van der Waals surface area contributed by atoms with Gasteiger partial charge in [0, 0.05) is 38.3 Å². The number of carbonyl (C=O) groups is 1. The van der Waals surface area contributed by atoms with Crippen molar-refractivity contribution in [3.63, 3.8) is 0 Å². The Morgan fingerprint density at radius 1 is 1.06 bits per heavy atom. The summed E-state index contributed by atoms with van der Waals surface area (Å²) in [6.07, 6.45) is -4.37. The van der Waals surface area contributed by atoms with Crippen molar-refractivity contribution in [3.05, 3.63) is 59.7 Å². The van der Waals surface area contributed by atoms with Gasteiger partial charge in [-0.15, -0.1) is 0 Å². The molecule has 2 aromatic rings. The zero-order valence-corrected chi connectivity index (χ0v) is 18.7. The molecule has 0 aromatic heterocycles. The van der Waals surface area contributed by atoms with E-state index in [2.05, 4.69) is 10.2 Å². The molecule has 2 aromatic carbocycles. The van der Waals surface area contributed by atoms with Crippen LogP contribution in [0.3, 0.4) is 0 Å². The number of benzene rings is 2. The Morgan fingerprint density at radius 2 is 1.69 bits per heavy atom. The van der Waals surface area contributed by atoms with E-state index in [0.717, 1.165) is 12.1 Å². The van der Waals surface area contributed by atoms with Gasteiger partial charge in [0.1, 0.15) is 0 Å². The van der Waals surface area contributed by atoms with Gasteiger partial charge in [-0.2, -0.15) is 17.5 Å². The molecule has 6 nitrogen and oxygen atoms in total. The van der Waals surface area contributed by atoms with Gasteiger partial charge in [0.2, 0.25) is 15.9 Å². The standard InChI is InChI=1S/C22H26F3N3O3S/c1-16(17-6-8-18(9-7-17)22(23,24)25)14-21(29)26-19-4-3-5-20(15-19)32(30,31)28-12-10-27(2)11-13-28/h3-9,15-16H,10-14H2,1-2H3,(H,26,29). The summed E-state index contributed by atoms with van der Waals surface area (Å²) in [5, 5.41) is 2.69. The summed E-state index contributed by atoms with van der Waals surface area (Å²) in [6.45, 7) is 3.85. The first-order valence-electron chi connectivity index (χ1n) is 10.2. The molecule has 10 heteroatoms. The van der Waals surface area contributed by atoms with Crippen LogP contribution in [0.5, 0.6) is 0 Å². The zero-order valence-electron chi connectivity index (χ0n) is 17.9. The van der Waals surface area contributed by atoms with E-state index in [1.807, 2.05) is 7.05 Å². The number of nitrogens with zero attached hydrogens (tertiary/aromatic N) is 2. The number of hydrogen-bond donors (Lipinski definition) is 1. The Morgan fingerprint density at radius 3 is 2.28 bits per heavy atom. The minimum atomic E-state index is -4.41. The molecular weight excluding hydrogens is 443 g/mol. The van der Waals surface area contributed by atoms with Gasteiger partial charge in [-0.25, -0.2) is 8.42 Å². The van der Waals surface area contributed by atoms with E-state index >= 15 is 0 Å². The number of amides is 1. The predicted octanol–water partition coefficient (Wildman–Crippen LogP) is 3.77. The summed E-state index contributed by atoms with van der Waals surface area (Å²) in [6, 6.07) is 10.8. The predicted molar refractivity (Wildman–Crippen MR) is 116 cm³/mol. The minimum absolute atomic E-state index is 0.0425. The normalized spacial score (nSPS) is 17.2. The van der Waals surface area contributed by atoms with Gasteiger partial charge in [0.25, 0.3) is 0 Å². The van der Waals surface area contributed by atoms with Gasteiger partial charge in [-0.3, -0.25) is 4.79 Å². The van der Waals surface area contributed by atoms with Crippen LogP contribution < -0.4 is 5.32 Å². The molecule has 1 saturated heterocycles. The second kappa shape index (κ2) is 9.60. The number of nitrogens with one attached hydrogen (secondary N) is 1. The highest BCUT2D eigenvalue weighted by Crippen LogP contribution is 2.31. The van der Waals surface area contributed by atoms with Gasteiger partial charge < -0.3 is 10.2 Å². The molecule has 174 valence electrons. The Labute approximate surface area is 186 Å². The molecule has 0 bridgehead atoms. The molecule has 0 radical (unpaired) electrons. The summed E-state index contributed by atoms with van der Waals surface area (Å²) in [5.41, 5.74) is 0.223. The van der Waals surface area contributed by atoms with Crippen molar-refractivity contribution in [1.29, 1.82) is 0 Å². The van der Waals surface area contributed by atoms with Crippen LogP contribution >= 0.6 is 0 Å². The van der Waals surface area contributed by atoms with Crippen LogP contribution in [0.25, 0.3) is 0 Å². The van der Waals surface area contributed by atoms with Crippen molar-refractivity contribution in [1.82, 2.24) is 9.21 Å². The highest BCUT2D eigenvalue weighted by Gasteiger charge is 2.30. The van der Waals surface area contributed by atoms with Crippen molar-refractivity contribution in [2.75, 3.05) is 38.5 Å². The number of rotatable bonds is 6. The van der Waals surface area contributed by atoms with Crippen LogP contribution in [0.1, 0.15) is 30.4 Å².